The highest BCUT2D eigenvalue weighted by Crippen LogP contribution is 2.09. The largest absolute Gasteiger partial charge is 0.397 e. The highest BCUT2D eigenvalue weighted by atomic mass is 16.5. The monoisotopic (exact) mass is 249 g/mol. The third-order valence-electron chi connectivity index (χ3n) is 2.37. The molecule has 0 radical (unpaired) electrons. The van der Waals surface area contributed by atoms with Gasteiger partial charge in [0, 0.05) is 25.2 Å². The summed E-state index contributed by atoms with van der Waals surface area (Å²) in [7, 11) is 1.63. The molecule has 2 heterocycles. The zero-order valence-corrected chi connectivity index (χ0v) is 10.0. The maximum absolute atomic E-state index is 11.8. The molecule has 0 saturated carbocycles. The molecule has 0 unspecified atom stereocenters. The summed E-state index contributed by atoms with van der Waals surface area (Å²) in [5.74, 6) is -0.252. The first-order valence-corrected chi connectivity index (χ1v) is 5.45. The van der Waals surface area contributed by atoms with E-state index in [1.54, 1.807) is 36.4 Å². The average Bonchev–Trinajstić information content (AvgIpc) is 2.96. The van der Waals surface area contributed by atoms with Crippen LogP contribution in [0.25, 0.3) is 0 Å². The highest BCUT2D eigenvalue weighted by Gasteiger charge is 2.09. The molecule has 18 heavy (non-hydrogen) atoms. The van der Waals surface area contributed by atoms with E-state index in [2.05, 4.69) is 15.4 Å². The van der Waals surface area contributed by atoms with Gasteiger partial charge in [0.1, 0.15) is 5.69 Å². The molecule has 0 atom stereocenters. The lowest BCUT2D eigenvalue weighted by Crippen LogP contribution is -2.11. The standard InChI is InChI=1S/C11H15N5O2/c1-18-3-2-16-7-9(6-14-16)15-11(17)10-4-8(12)5-13-10/h4-7,13H,2-3,12H2,1H3,(H,15,17). The number of aromatic amines is 1. The Balaban J connectivity index is 1.97. The minimum Gasteiger partial charge on any atom is -0.397 e. The van der Waals surface area contributed by atoms with Gasteiger partial charge < -0.3 is 20.8 Å². The van der Waals surface area contributed by atoms with Crippen molar-refractivity contribution in [2.75, 3.05) is 24.8 Å². The number of H-pyrrole nitrogens is 1. The molecule has 0 aliphatic heterocycles. The van der Waals surface area contributed by atoms with Crippen molar-refractivity contribution in [1.29, 1.82) is 0 Å². The lowest BCUT2D eigenvalue weighted by Gasteiger charge is -2.00. The fourth-order valence-corrected chi connectivity index (χ4v) is 1.48. The van der Waals surface area contributed by atoms with Crippen molar-refractivity contribution in [2.45, 2.75) is 6.54 Å². The summed E-state index contributed by atoms with van der Waals surface area (Å²) in [4.78, 5) is 14.6. The fraction of sp³-hybridized carbons (Fsp3) is 0.273. The number of rotatable bonds is 5. The van der Waals surface area contributed by atoms with E-state index in [4.69, 9.17) is 10.5 Å². The zero-order chi connectivity index (χ0) is 13.0. The summed E-state index contributed by atoms with van der Waals surface area (Å²) in [5, 5.41) is 6.81. The van der Waals surface area contributed by atoms with E-state index in [0.717, 1.165) is 0 Å². The van der Waals surface area contributed by atoms with E-state index in [9.17, 15) is 4.79 Å². The number of carbonyl (C=O) groups is 1. The number of hydrogen-bond donors (Lipinski definition) is 3. The lowest BCUT2D eigenvalue weighted by molar-refractivity contribution is 0.102. The molecule has 2 aromatic heterocycles. The van der Waals surface area contributed by atoms with Crippen LogP contribution in [-0.2, 0) is 11.3 Å². The van der Waals surface area contributed by atoms with Crippen LogP contribution in [-0.4, -0.2) is 34.4 Å². The third kappa shape index (κ3) is 2.89. The first kappa shape index (κ1) is 12.2. The molecule has 7 nitrogen and oxygen atoms in total. The van der Waals surface area contributed by atoms with Crippen molar-refractivity contribution in [1.82, 2.24) is 14.8 Å². The quantitative estimate of drug-likeness (QED) is 0.726. The molecule has 0 aliphatic rings. The Morgan fingerprint density at radius 1 is 1.67 bits per heavy atom. The Bertz CT molecular complexity index is 531. The zero-order valence-electron chi connectivity index (χ0n) is 10.0. The number of nitrogen functional groups attached to an aromatic ring is 1. The topological polar surface area (TPSA) is 98.0 Å². The Labute approximate surface area is 104 Å². The number of nitrogens with two attached hydrogens (primary N) is 1. The van der Waals surface area contributed by atoms with E-state index in [-0.39, 0.29) is 5.91 Å². The molecule has 0 aromatic carbocycles. The molecule has 1 amide bonds. The maximum atomic E-state index is 11.8. The van der Waals surface area contributed by atoms with Crippen LogP contribution in [0.15, 0.2) is 24.7 Å². The summed E-state index contributed by atoms with van der Waals surface area (Å²) in [5.41, 5.74) is 7.09. The summed E-state index contributed by atoms with van der Waals surface area (Å²) in [6.45, 7) is 1.21. The summed E-state index contributed by atoms with van der Waals surface area (Å²) in [6.07, 6.45) is 4.89. The summed E-state index contributed by atoms with van der Waals surface area (Å²) in [6, 6.07) is 1.57. The molecule has 0 aliphatic carbocycles. The van der Waals surface area contributed by atoms with Crippen molar-refractivity contribution >= 4 is 17.3 Å². The minimum absolute atomic E-state index is 0.252. The van der Waals surface area contributed by atoms with Gasteiger partial charge in [0.25, 0.3) is 5.91 Å². The Morgan fingerprint density at radius 3 is 3.17 bits per heavy atom. The number of anilines is 2. The smallest absolute Gasteiger partial charge is 0.272 e. The SMILES string of the molecule is COCCn1cc(NC(=O)c2cc(N)c[nH]2)cn1. The second-order valence-electron chi connectivity index (χ2n) is 3.79. The number of aromatic nitrogens is 3. The van der Waals surface area contributed by atoms with Gasteiger partial charge in [-0.05, 0) is 6.07 Å². The van der Waals surface area contributed by atoms with Gasteiger partial charge in [0.2, 0.25) is 0 Å². The van der Waals surface area contributed by atoms with E-state index < -0.39 is 0 Å². The molecule has 0 saturated heterocycles. The Kier molecular flexibility index (Phi) is 3.63. The van der Waals surface area contributed by atoms with Crippen LogP contribution in [0, 0.1) is 0 Å². The van der Waals surface area contributed by atoms with Gasteiger partial charge in [-0.25, -0.2) is 0 Å². The minimum atomic E-state index is -0.252. The van der Waals surface area contributed by atoms with Crippen LogP contribution < -0.4 is 11.1 Å². The van der Waals surface area contributed by atoms with Gasteiger partial charge >= 0.3 is 0 Å². The number of methoxy groups -OCH3 is 1. The van der Waals surface area contributed by atoms with Crippen LogP contribution in [0.4, 0.5) is 11.4 Å². The van der Waals surface area contributed by atoms with Gasteiger partial charge in [0.15, 0.2) is 0 Å². The van der Waals surface area contributed by atoms with Crippen molar-refractivity contribution in [2.24, 2.45) is 0 Å². The molecule has 96 valence electrons. The maximum Gasteiger partial charge on any atom is 0.272 e. The normalized spacial score (nSPS) is 10.5. The van der Waals surface area contributed by atoms with Gasteiger partial charge in [-0.15, -0.1) is 0 Å². The number of ether oxygens (including phenoxy) is 1. The van der Waals surface area contributed by atoms with Crippen LogP contribution in [0.2, 0.25) is 0 Å². The molecule has 0 bridgehead atoms. The molecule has 2 aromatic rings. The second-order valence-corrected chi connectivity index (χ2v) is 3.79. The van der Waals surface area contributed by atoms with Crippen LogP contribution in [0.1, 0.15) is 10.5 Å². The molecule has 7 heteroatoms. The molecule has 0 spiro atoms. The third-order valence-corrected chi connectivity index (χ3v) is 2.37. The molecular formula is C11H15N5O2. The predicted octanol–water partition coefficient (Wildman–Crippen LogP) is 0.692. The number of carbonyl (C=O) groups excluding carboxylic acids is 1. The van der Waals surface area contributed by atoms with Gasteiger partial charge in [-0.1, -0.05) is 0 Å². The summed E-state index contributed by atoms with van der Waals surface area (Å²) < 4.78 is 6.64. The molecular weight excluding hydrogens is 234 g/mol. The van der Waals surface area contributed by atoms with Crippen molar-refractivity contribution in [3.8, 4) is 0 Å². The van der Waals surface area contributed by atoms with E-state index in [1.807, 2.05) is 0 Å². The number of nitrogens with one attached hydrogen (secondary N) is 2. The number of hydrogen-bond acceptors (Lipinski definition) is 4. The van der Waals surface area contributed by atoms with Crippen LogP contribution in [0.3, 0.4) is 0 Å². The summed E-state index contributed by atoms with van der Waals surface area (Å²) >= 11 is 0. The van der Waals surface area contributed by atoms with Crippen molar-refractivity contribution in [3.63, 3.8) is 0 Å². The number of nitrogens with zero attached hydrogens (tertiary/aromatic N) is 2. The number of amides is 1. The van der Waals surface area contributed by atoms with Crippen molar-refractivity contribution < 1.29 is 9.53 Å². The Morgan fingerprint density at radius 2 is 2.50 bits per heavy atom. The molecule has 0 fully saturated rings. The van der Waals surface area contributed by atoms with E-state index in [1.165, 1.54) is 0 Å². The molecule has 2 rings (SSSR count). The lowest BCUT2D eigenvalue weighted by atomic mass is 10.4. The first-order valence-electron chi connectivity index (χ1n) is 5.45. The van der Waals surface area contributed by atoms with Crippen LogP contribution in [0.5, 0.6) is 0 Å². The Hall–Kier alpha value is -2.28. The fourth-order valence-electron chi connectivity index (χ4n) is 1.48. The highest BCUT2D eigenvalue weighted by molar-refractivity contribution is 6.03. The van der Waals surface area contributed by atoms with E-state index in [0.29, 0.717) is 30.2 Å². The van der Waals surface area contributed by atoms with Crippen LogP contribution >= 0.6 is 0 Å². The van der Waals surface area contributed by atoms with Gasteiger partial charge in [-0.3, -0.25) is 9.48 Å². The van der Waals surface area contributed by atoms with Crippen molar-refractivity contribution in [3.05, 3.63) is 30.4 Å². The van der Waals surface area contributed by atoms with Gasteiger partial charge in [0.05, 0.1) is 25.0 Å². The molecule has 4 N–H and O–H groups in total. The second kappa shape index (κ2) is 5.37. The van der Waals surface area contributed by atoms with Gasteiger partial charge in [-0.2, -0.15) is 5.10 Å². The first-order chi connectivity index (χ1) is 8.69. The predicted molar refractivity (Wildman–Crippen MR) is 67.3 cm³/mol. The van der Waals surface area contributed by atoms with E-state index >= 15 is 0 Å². The average molecular weight is 249 g/mol.